The van der Waals surface area contributed by atoms with Crippen molar-refractivity contribution in [2.75, 3.05) is 19.0 Å². The second-order valence-corrected chi connectivity index (χ2v) is 6.40. The van der Waals surface area contributed by atoms with E-state index in [1.165, 1.54) is 25.7 Å². The van der Waals surface area contributed by atoms with Crippen molar-refractivity contribution in [3.8, 4) is 5.75 Å². The normalized spacial score (nSPS) is 21.9. The first kappa shape index (κ1) is 13.9. The number of carbonyl (C=O) groups is 1. The van der Waals surface area contributed by atoms with Gasteiger partial charge >= 0.3 is 0 Å². The molecule has 4 nitrogen and oxygen atoms in total. The molecule has 0 spiro atoms. The Morgan fingerprint density at radius 3 is 2.85 bits per heavy atom. The molecule has 1 aromatic carbocycles. The summed E-state index contributed by atoms with van der Waals surface area (Å²) in [6.45, 7) is 0.765. The van der Waals surface area contributed by atoms with Crippen LogP contribution in [0.3, 0.4) is 0 Å². The Morgan fingerprint density at radius 2 is 2.15 bits per heavy atom. The number of anilines is 1. The minimum absolute atomic E-state index is 0.0117. The number of ether oxygens (including phenoxy) is 1. The summed E-state index contributed by atoms with van der Waals surface area (Å²) < 4.78 is 6.84. The molecular weight excluding hydrogens is 320 g/mol. The number of hydrogen-bond donors (Lipinski definition) is 2. The molecule has 20 heavy (non-hydrogen) atoms. The fourth-order valence-corrected chi connectivity index (χ4v) is 3.52. The molecule has 1 fully saturated rings. The van der Waals surface area contributed by atoms with E-state index in [-0.39, 0.29) is 11.9 Å². The van der Waals surface area contributed by atoms with Crippen LogP contribution in [0.5, 0.6) is 5.75 Å². The summed E-state index contributed by atoms with van der Waals surface area (Å²) >= 11 is 3.54. The van der Waals surface area contributed by atoms with Gasteiger partial charge < -0.3 is 15.4 Å². The Bertz CT molecular complexity index is 527. The molecule has 1 saturated carbocycles. The average molecular weight is 339 g/mol. The molecule has 1 aliphatic carbocycles. The summed E-state index contributed by atoms with van der Waals surface area (Å²) in [5.41, 5.74) is 1.82. The number of carbonyl (C=O) groups excluding carboxylic acids is 1. The van der Waals surface area contributed by atoms with Crippen molar-refractivity contribution in [2.45, 2.75) is 31.7 Å². The molecule has 1 amide bonds. The quantitative estimate of drug-likeness (QED) is 0.886. The Morgan fingerprint density at radius 1 is 1.40 bits per heavy atom. The third-order valence-corrected chi connectivity index (χ3v) is 4.79. The van der Waals surface area contributed by atoms with E-state index in [0.29, 0.717) is 5.92 Å². The second kappa shape index (κ2) is 5.74. The molecule has 2 aliphatic rings. The Labute approximate surface area is 127 Å². The molecule has 5 heteroatoms. The zero-order chi connectivity index (χ0) is 14.1. The number of benzene rings is 1. The molecule has 0 saturated heterocycles. The predicted octanol–water partition coefficient (Wildman–Crippen LogP) is 3.23. The van der Waals surface area contributed by atoms with Crippen molar-refractivity contribution in [1.82, 2.24) is 5.32 Å². The Kier molecular flexibility index (Phi) is 3.98. The van der Waals surface area contributed by atoms with Crippen LogP contribution in [0.2, 0.25) is 0 Å². The molecule has 1 unspecified atom stereocenters. The zero-order valence-electron chi connectivity index (χ0n) is 11.5. The van der Waals surface area contributed by atoms with Crippen LogP contribution in [0.4, 0.5) is 5.69 Å². The smallest absolute Gasteiger partial charge is 0.246 e. The largest absolute Gasteiger partial charge is 0.492 e. The van der Waals surface area contributed by atoms with Crippen molar-refractivity contribution >= 4 is 27.5 Å². The SMILES string of the molecule is CNC1C(=O)Nc2cc(OCC3CCCC3)c(Br)cc21. The van der Waals surface area contributed by atoms with Crippen LogP contribution in [0.1, 0.15) is 37.3 Å². The lowest BCUT2D eigenvalue weighted by Crippen LogP contribution is -2.23. The highest BCUT2D eigenvalue weighted by molar-refractivity contribution is 9.10. The monoisotopic (exact) mass is 338 g/mol. The lowest BCUT2D eigenvalue weighted by atomic mass is 10.1. The molecule has 108 valence electrons. The summed E-state index contributed by atoms with van der Waals surface area (Å²) in [5.74, 6) is 1.48. The Hall–Kier alpha value is -1.07. The average Bonchev–Trinajstić information content (AvgIpc) is 3.03. The van der Waals surface area contributed by atoms with Gasteiger partial charge in [0.1, 0.15) is 11.8 Å². The van der Waals surface area contributed by atoms with Gasteiger partial charge in [0.2, 0.25) is 5.91 Å². The lowest BCUT2D eigenvalue weighted by molar-refractivity contribution is -0.117. The van der Waals surface area contributed by atoms with Gasteiger partial charge in [-0.15, -0.1) is 0 Å². The standard InChI is InChI=1S/C15H19BrN2O2/c1-17-14-10-6-11(16)13(7-12(10)18-15(14)19)20-8-9-4-2-3-5-9/h6-7,9,14,17H,2-5,8H2,1H3,(H,18,19). The first-order chi connectivity index (χ1) is 9.69. The van der Waals surface area contributed by atoms with E-state index in [1.807, 2.05) is 12.1 Å². The zero-order valence-corrected chi connectivity index (χ0v) is 13.1. The van der Waals surface area contributed by atoms with E-state index >= 15 is 0 Å². The second-order valence-electron chi connectivity index (χ2n) is 5.54. The van der Waals surface area contributed by atoms with E-state index in [0.717, 1.165) is 28.1 Å². The third kappa shape index (κ3) is 2.56. The van der Waals surface area contributed by atoms with Gasteiger partial charge in [-0.2, -0.15) is 0 Å². The van der Waals surface area contributed by atoms with E-state index in [2.05, 4.69) is 26.6 Å². The van der Waals surface area contributed by atoms with Gasteiger partial charge in [-0.1, -0.05) is 12.8 Å². The fourth-order valence-electron chi connectivity index (χ4n) is 3.04. The number of halogens is 1. The maximum Gasteiger partial charge on any atom is 0.246 e. The van der Waals surface area contributed by atoms with Gasteiger partial charge in [0, 0.05) is 17.3 Å². The highest BCUT2D eigenvalue weighted by atomic mass is 79.9. The molecule has 1 aromatic rings. The van der Waals surface area contributed by atoms with Gasteiger partial charge in [-0.3, -0.25) is 4.79 Å². The summed E-state index contributed by atoms with van der Waals surface area (Å²) in [4.78, 5) is 11.8. The predicted molar refractivity (Wildman–Crippen MR) is 82.0 cm³/mol. The van der Waals surface area contributed by atoms with Crippen LogP contribution in [0.25, 0.3) is 0 Å². The van der Waals surface area contributed by atoms with E-state index in [4.69, 9.17) is 4.74 Å². The van der Waals surface area contributed by atoms with Crippen molar-refractivity contribution in [3.63, 3.8) is 0 Å². The van der Waals surface area contributed by atoms with Crippen LogP contribution < -0.4 is 15.4 Å². The molecule has 0 bridgehead atoms. The number of likely N-dealkylation sites (N-methyl/N-ethyl adjacent to an activating group) is 1. The number of rotatable bonds is 4. The van der Waals surface area contributed by atoms with Gasteiger partial charge in [0.25, 0.3) is 0 Å². The molecule has 1 aliphatic heterocycles. The van der Waals surface area contributed by atoms with E-state index in [1.54, 1.807) is 7.05 Å². The van der Waals surface area contributed by atoms with Gasteiger partial charge in [-0.25, -0.2) is 0 Å². The van der Waals surface area contributed by atoms with Crippen LogP contribution in [0.15, 0.2) is 16.6 Å². The van der Waals surface area contributed by atoms with Crippen molar-refractivity contribution < 1.29 is 9.53 Å². The molecule has 2 N–H and O–H groups in total. The summed E-state index contributed by atoms with van der Waals surface area (Å²) in [7, 11) is 1.79. The molecule has 0 radical (unpaired) electrons. The van der Waals surface area contributed by atoms with Crippen LogP contribution >= 0.6 is 15.9 Å². The molecule has 1 heterocycles. The van der Waals surface area contributed by atoms with Crippen molar-refractivity contribution in [1.29, 1.82) is 0 Å². The molecule has 0 aromatic heterocycles. The maximum atomic E-state index is 11.8. The summed E-state index contributed by atoms with van der Waals surface area (Å²) in [6, 6.07) is 3.62. The summed E-state index contributed by atoms with van der Waals surface area (Å²) in [5, 5.41) is 5.91. The fraction of sp³-hybridized carbons (Fsp3) is 0.533. The topological polar surface area (TPSA) is 50.4 Å². The molecule has 1 atom stereocenters. The highest BCUT2D eigenvalue weighted by Gasteiger charge is 2.30. The maximum absolute atomic E-state index is 11.8. The number of fused-ring (bicyclic) bond motifs is 1. The lowest BCUT2D eigenvalue weighted by Gasteiger charge is -2.14. The third-order valence-electron chi connectivity index (χ3n) is 4.17. The highest BCUT2D eigenvalue weighted by Crippen LogP contribution is 2.39. The molecule has 3 rings (SSSR count). The van der Waals surface area contributed by atoms with Crippen molar-refractivity contribution in [2.24, 2.45) is 5.92 Å². The van der Waals surface area contributed by atoms with Gasteiger partial charge in [0.15, 0.2) is 0 Å². The number of hydrogen-bond acceptors (Lipinski definition) is 3. The first-order valence-corrected chi connectivity index (χ1v) is 7.92. The van der Waals surface area contributed by atoms with Gasteiger partial charge in [0.05, 0.1) is 11.1 Å². The minimum atomic E-state index is -0.273. The van der Waals surface area contributed by atoms with Crippen molar-refractivity contribution in [3.05, 3.63) is 22.2 Å². The number of nitrogens with one attached hydrogen (secondary N) is 2. The summed E-state index contributed by atoms with van der Waals surface area (Å²) in [6.07, 6.45) is 5.17. The van der Waals surface area contributed by atoms with Gasteiger partial charge in [-0.05, 0) is 47.8 Å². The number of amides is 1. The van der Waals surface area contributed by atoms with E-state index < -0.39 is 0 Å². The van der Waals surface area contributed by atoms with Crippen LogP contribution in [-0.2, 0) is 4.79 Å². The van der Waals surface area contributed by atoms with E-state index in [9.17, 15) is 4.79 Å². The van der Waals surface area contributed by atoms with Crippen LogP contribution in [-0.4, -0.2) is 19.6 Å². The van der Waals surface area contributed by atoms with Crippen LogP contribution in [0, 0.1) is 5.92 Å². The molecular formula is C15H19BrN2O2. The Balaban J connectivity index is 1.76. The minimum Gasteiger partial charge on any atom is -0.492 e. The first-order valence-electron chi connectivity index (χ1n) is 7.13.